The van der Waals surface area contributed by atoms with Gasteiger partial charge in [0.05, 0.1) is 0 Å². The fourth-order valence-electron chi connectivity index (χ4n) is 0. The summed E-state index contributed by atoms with van der Waals surface area (Å²) in [6.07, 6.45) is 0. The smallest absolute Gasteiger partial charge is 1.00 e. The molecule has 0 aliphatic rings. The van der Waals surface area contributed by atoms with Crippen LogP contribution in [0.2, 0.25) is 0 Å². The fourth-order valence-corrected chi connectivity index (χ4v) is 0. The predicted octanol–water partition coefficient (Wildman–Crippen LogP) is -5.61. The van der Waals surface area contributed by atoms with Gasteiger partial charge in [-0.25, -0.2) is 0 Å². The van der Waals surface area contributed by atoms with Crippen molar-refractivity contribution < 1.29 is 119 Å². The molecule has 16 valence electrons. The van der Waals surface area contributed by atoms with Crippen molar-refractivity contribution in [1.82, 2.24) is 0 Å². The first-order valence-corrected chi connectivity index (χ1v) is 0. The van der Waals surface area contributed by atoms with Crippen LogP contribution in [0.1, 0.15) is 2.85 Å². The van der Waals surface area contributed by atoms with Crippen LogP contribution in [-0.2, 0) is 0 Å². The van der Waals surface area contributed by atoms with E-state index in [4.69, 9.17) is 0 Å². The van der Waals surface area contributed by atoms with Crippen molar-refractivity contribution >= 4 is 0 Å². The maximum absolute atomic E-state index is 0. The molecule has 0 atom stereocenters. The molecule has 0 aromatic carbocycles. The number of halogens is 1. The normalized spacial score (nSPS) is 0. The molecule has 0 spiro atoms. The molecule has 0 aromatic rings. The molecule has 0 saturated heterocycles. The Morgan fingerprint density at radius 1 is 1.25 bits per heavy atom. The van der Waals surface area contributed by atoms with E-state index in [2.05, 4.69) is 0 Å². The zero-order valence-electron chi connectivity index (χ0n) is 4.91. The van der Waals surface area contributed by atoms with E-state index >= 15 is 0 Å². The Morgan fingerprint density at radius 3 is 1.25 bits per heavy atom. The topological polar surface area (TPSA) is 0 Å². The van der Waals surface area contributed by atoms with Gasteiger partial charge in [-0.2, -0.15) is 0 Å². The number of hydrogen-bond acceptors (Lipinski definition) is 0. The molecule has 0 aliphatic heterocycles. The van der Waals surface area contributed by atoms with Crippen LogP contribution in [0.3, 0.4) is 0 Å². The van der Waals surface area contributed by atoms with Crippen LogP contribution in [0, 0.1) is 40.8 Å². The predicted molar refractivity (Wildman–Crippen MR) is 4.73 cm³/mol. The Morgan fingerprint density at radius 2 is 1.25 bits per heavy atom. The Balaban J connectivity index is 0. The Labute approximate surface area is 115 Å². The zero-order valence-corrected chi connectivity index (χ0v) is 9.24. The Bertz CT molecular complexity index is 13.5. The van der Waals surface area contributed by atoms with Crippen molar-refractivity contribution in [1.29, 1.82) is 0 Å². The van der Waals surface area contributed by atoms with Crippen LogP contribution in [0.5, 0.6) is 0 Å². The van der Waals surface area contributed by atoms with Gasteiger partial charge in [0.2, 0.25) is 0 Å². The molecule has 0 aliphatic carbocycles. The molecule has 0 bridgehead atoms. The third-order valence-electron chi connectivity index (χ3n) is 0. The van der Waals surface area contributed by atoms with E-state index in [1.54, 1.807) is 0 Å². The second kappa shape index (κ2) is 16.0. The quantitative estimate of drug-likeness (QED) is 0.351. The molecular weight excluding hydrogens is 209 g/mol. The van der Waals surface area contributed by atoms with E-state index < -0.39 is 0 Å². The van der Waals surface area contributed by atoms with E-state index in [1.165, 1.54) is 0 Å². The second-order valence-electron chi connectivity index (χ2n) is 0. The average molecular weight is 212 g/mol. The molecule has 4 heavy (non-hydrogen) atoms. The molecule has 4 heteroatoms. The molecule has 0 amide bonds. The molecule has 0 heterocycles. The van der Waals surface area contributed by atoms with Crippen molar-refractivity contribution in [3.63, 3.8) is 0 Å². The van der Waals surface area contributed by atoms with Crippen molar-refractivity contribution in [3.05, 3.63) is 0 Å². The second-order valence-corrected chi connectivity index (χ2v) is 0. The molecular formula is H3FKLiNd. The van der Waals surface area contributed by atoms with Crippen LogP contribution in [-0.4, -0.2) is 0 Å². The minimum atomic E-state index is 0. The van der Waals surface area contributed by atoms with Gasteiger partial charge in [0.1, 0.15) is 0 Å². The molecule has 0 fully saturated rings. The molecule has 0 aromatic heterocycles. The van der Waals surface area contributed by atoms with Crippen LogP contribution < -0.4 is 70.2 Å². The minimum absolute atomic E-state index is 0. The first kappa shape index (κ1) is 25.8. The van der Waals surface area contributed by atoms with Crippen molar-refractivity contribution in [2.24, 2.45) is 0 Å². The van der Waals surface area contributed by atoms with Crippen molar-refractivity contribution in [2.45, 2.75) is 0 Å². The van der Waals surface area contributed by atoms with Gasteiger partial charge in [-0.15, -0.1) is 0 Å². The van der Waals surface area contributed by atoms with Crippen molar-refractivity contribution in [3.8, 4) is 0 Å². The zero-order chi connectivity index (χ0) is 0. The molecule has 0 radical (unpaired) electrons. The Kier molecular flexibility index (Phi) is 104. The maximum Gasteiger partial charge on any atom is 1.00 e. The van der Waals surface area contributed by atoms with E-state index in [1.807, 2.05) is 0 Å². The average Bonchev–Trinajstić information content (AvgIpc) is 0. The third-order valence-corrected chi connectivity index (χ3v) is 0. The first-order chi connectivity index (χ1) is 0. The van der Waals surface area contributed by atoms with Crippen molar-refractivity contribution in [2.75, 3.05) is 0 Å². The minimum Gasteiger partial charge on any atom is -1.00 e. The number of hydrogen-bond donors (Lipinski definition) is 0. The maximum atomic E-state index is 0. The standard InChI is InChI=1S/FH.K.Li.Nd.2H/h1H;;;;;/q;2*+1;;2*-1. The summed E-state index contributed by atoms with van der Waals surface area (Å²) in [6.45, 7) is 0. The van der Waals surface area contributed by atoms with Crippen LogP contribution in [0.25, 0.3) is 0 Å². The summed E-state index contributed by atoms with van der Waals surface area (Å²) in [4.78, 5) is 0. The van der Waals surface area contributed by atoms with Gasteiger partial charge in [0.15, 0.2) is 0 Å². The van der Waals surface area contributed by atoms with Crippen LogP contribution >= 0.6 is 0 Å². The van der Waals surface area contributed by atoms with Gasteiger partial charge >= 0.3 is 70.2 Å². The molecule has 0 nitrogen and oxygen atoms in total. The van der Waals surface area contributed by atoms with Gasteiger partial charge in [-0.3, -0.25) is 4.70 Å². The number of rotatable bonds is 0. The first-order valence-electron chi connectivity index (χ1n) is 0. The summed E-state index contributed by atoms with van der Waals surface area (Å²) < 4.78 is 0. The summed E-state index contributed by atoms with van der Waals surface area (Å²) in [5, 5.41) is 0. The van der Waals surface area contributed by atoms with E-state index in [9.17, 15) is 0 Å². The fraction of sp³-hybridized carbons (Fsp3) is 0. The van der Waals surface area contributed by atoms with Gasteiger partial charge in [0, 0.05) is 40.8 Å². The van der Waals surface area contributed by atoms with E-state index in [0.717, 1.165) is 0 Å². The van der Waals surface area contributed by atoms with E-state index in [0.29, 0.717) is 0 Å². The molecule has 0 saturated carbocycles. The van der Waals surface area contributed by atoms with Crippen LogP contribution in [0.4, 0.5) is 4.70 Å². The SMILES string of the molecule is F.[H-].[H-].[K+].[Li+].[Nd]. The molecule has 0 unspecified atom stereocenters. The molecule has 0 rings (SSSR count). The summed E-state index contributed by atoms with van der Waals surface area (Å²) in [7, 11) is 0. The summed E-state index contributed by atoms with van der Waals surface area (Å²) in [6, 6.07) is 0. The van der Waals surface area contributed by atoms with Gasteiger partial charge in [-0.05, 0) is 0 Å². The van der Waals surface area contributed by atoms with E-state index in [-0.39, 0.29) is 119 Å². The molecule has 0 N–H and O–H groups in total. The Hall–Kier alpha value is 3.51. The largest absolute Gasteiger partial charge is 1.00 e. The third kappa shape index (κ3) is 9.10. The monoisotopic (exact) mass is 210 g/mol. The summed E-state index contributed by atoms with van der Waals surface area (Å²) >= 11 is 0. The van der Waals surface area contributed by atoms with Gasteiger partial charge in [0.25, 0.3) is 0 Å². The summed E-state index contributed by atoms with van der Waals surface area (Å²) in [5.41, 5.74) is 0. The van der Waals surface area contributed by atoms with Gasteiger partial charge < -0.3 is 2.85 Å². The van der Waals surface area contributed by atoms with Gasteiger partial charge in [-0.1, -0.05) is 0 Å². The van der Waals surface area contributed by atoms with Crippen LogP contribution in [0.15, 0.2) is 0 Å². The summed E-state index contributed by atoms with van der Waals surface area (Å²) in [5.74, 6) is 0.